The number of nitrogens with zero attached hydrogens (tertiary/aromatic N) is 3. The Morgan fingerprint density at radius 1 is 1.16 bits per heavy atom. The Bertz CT molecular complexity index is 813. The van der Waals surface area contributed by atoms with Crippen LogP contribution in [-0.2, 0) is 9.59 Å². The summed E-state index contributed by atoms with van der Waals surface area (Å²) in [4.78, 5) is 35.8. The lowest BCUT2D eigenvalue weighted by Gasteiger charge is -2.37. The highest BCUT2D eigenvalue weighted by molar-refractivity contribution is 6.06. The molecule has 0 aromatic heterocycles. The summed E-state index contributed by atoms with van der Waals surface area (Å²) in [5, 5.41) is 16.0. The maximum Gasteiger partial charge on any atom is 0.272 e. The van der Waals surface area contributed by atoms with E-state index in [2.05, 4.69) is 17.3 Å². The number of aryl methyl sites for hydroxylation is 1. The minimum absolute atomic E-state index is 0.0149. The Kier molecular flexibility index (Phi) is 3.52. The van der Waals surface area contributed by atoms with Crippen LogP contribution < -0.4 is 0 Å². The van der Waals surface area contributed by atoms with Crippen LogP contribution in [0.5, 0.6) is 0 Å². The number of nitro groups is 1. The second-order valence-electron chi connectivity index (χ2n) is 6.88. The van der Waals surface area contributed by atoms with Crippen LogP contribution >= 0.6 is 0 Å². The van der Waals surface area contributed by atoms with Crippen molar-refractivity contribution in [2.24, 2.45) is 28.8 Å². The molecule has 1 heterocycles. The van der Waals surface area contributed by atoms with Crippen molar-refractivity contribution < 1.29 is 14.5 Å². The van der Waals surface area contributed by atoms with Gasteiger partial charge < -0.3 is 0 Å². The van der Waals surface area contributed by atoms with E-state index < -0.39 is 4.92 Å². The maximum atomic E-state index is 12.6. The van der Waals surface area contributed by atoms with E-state index in [1.807, 2.05) is 0 Å². The third kappa shape index (κ3) is 2.38. The van der Waals surface area contributed by atoms with E-state index in [0.29, 0.717) is 11.1 Å². The highest BCUT2D eigenvalue weighted by Crippen LogP contribution is 2.49. The normalized spacial score (nSPS) is 30.4. The van der Waals surface area contributed by atoms with Crippen molar-refractivity contribution in [1.82, 2.24) is 5.01 Å². The molecule has 0 N–H and O–H groups in total. The summed E-state index contributed by atoms with van der Waals surface area (Å²) >= 11 is 0. The number of fused-ring (bicyclic) bond motifs is 1. The van der Waals surface area contributed by atoms with Crippen molar-refractivity contribution in [2.75, 3.05) is 0 Å². The molecule has 1 aromatic carbocycles. The fourth-order valence-corrected chi connectivity index (χ4v) is 4.20. The first-order valence-corrected chi connectivity index (χ1v) is 8.32. The van der Waals surface area contributed by atoms with E-state index in [9.17, 15) is 19.7 Å². The molecule has 0 unspecified atom stereocenters. The summed E-state index contributed by atoms with van der Waals surface area (Å²) in [5.41, 5.74) is 1.01. The minimum Gasteiger partial charge on any atom is -0.272 e. The molecule has 5 rings (SSSR count). The number of hydrogen-bond donors (Lipinski definition) is 0. The Hall–Kier alpha value is -2.83. The lowest BCUT2D eigenvalue weighted by atomic mass is 9.63. The van der Waals surface area contributed by atoms with Crippen molar-refractivity contribution in [1.29, 1.82) is 0 Å². The number of rotatable bonds is 3. The third-order valence-electron chi connectivity index (χ3n) is 5.49. The minimum atomic E-state index is -0.462. The van der Waals surface area contributed by atoms with Gasteiger partial charge in [0.1, 0.15) is 0 Å². The second kappa shape index (κ2) is 5.61. The highest BCUT2D eigenvalue weighted by atomic mass is 16.6. The van der Waals surface area contributed by atoms with Gasteiger partial charge in [0.25, 0.3) is 17.5 Å². The molecule has 2 amide bonds. The van der Waals surface area contributed by atoms with Gasteiger partial charge in [-0.3, -0.25) is 19.7 Å². The number of hydrogen-bond acceptors (Lipinski definition) is 5. The van der Waals surface area contributed by atoms with Crippen LogP contribution in [0.4, 0.5) is 5.69 Å². The van der Waals surface area contributed by atoms with Gasteiger partial charge in [-0.15, -0.1) is 0 Å². The van der Waals surface area contributed by atoms with E-state index in [4.69, 9.17) is 0 Å². The van der Waals surface area contributed by atoms with Crippen LogP contribution in [-0.4, -0.2) is 28.0 Å². The van der Waals surface area contributed by atoms with Gasteiger partial charge in [0.15, 0.2) is 0 Å². The van der Waals surface area contributed by atoms with Crippen molar-refractivity contribution in [3.8, 4) is 0 Å². The van der Waals surface area contributed by atoms with Crippen molar-refractivity contribution in [2.45, 2.75) is 19.8 Å². The number of amides is 2. The Morgan fingerprint density at radius 3 is 2.28 bits per heavy atom. The molecule has 3 aliphatic carbocycles. The van der Waals surface area contributed by atoms with Crippen LogP contribution in [0.25, 0.3) is 0 Å². The molecule has 1 aromatic rings. The van der Waals surface area contributed by atoms with E-state index >= 15 is 0 Å². The molecule has 0 radical (unpaired) electrons. The zero-order chi connectivity index (χ0) is 17.7. The first kappa shape index (κ1) is 15.7. The molecule has 1 aliphatic heterocycles. The molecule has 2 fully saturated rings. The fraction of sp³-hybridized carbons (Fsp3) is 0.389. The predicted molar refractivity (Wildman–Crippen MR) is 89.6 cm³/mol. The summed E-state index contributed by atoms with van der Waals surface area (Å²) in [5.74, 6) is -0.889. The lowest BCUT2D eigenvalue weighted by Crippen LogP contribution is -2.38. The van der Waals surface area contributed by atoms with Crippen LogP contribution in [0.2, 0.25) is 0 Å². The first-order valence-electron chi connectivity index (χ1n) is 8.32. The average Bonchev–Trinajstić information content (AvgIpc) is 2.88. The Balaban J connectivity index is 1.60. The number of carbonyl (C=O) groups is 2. The smallest absolute Gasteiger partial charge is 0.272 e. The monoisotopic (exact) mass is 339 g/mol. The third-order valence-corrected chi connectivity index (χ3v) is 5.49. The molecule has 0 spiro atoms. The van der Waals surface area contributed by atoms with Gasteiger partial charge >= 0.3 is 0 Å². The van der Waals surface area contributed by atoms with Crippen LogP contribution in [0.1, 0.15) is 24.0 Å². The molecule has 2 bridgehead atoms. The molecule has 7 nitrogen and oxygen atoms in total. The molecule has 1 saturated heterocycles. The maximum absolute atomic E-state index is 12.6. The number of nitro benzene ring substituents is 1. The topological polar surface area (TPSA) is 92.9 Å². The Labute approximate surface area is 144 Å². The predicted octanol–water partition coefficient (Wildman–Crippen LogP) is 2.43. The van der Waals surface area contributed by atoms with E-state index in [0.717, 1.165) is 17.9 Å². The van der Waals surface area contributed by atoms with E-state index in [-0.39, 0.29) is 41.2 Å². The molecular formula is C18H17N3O4. The molecule has 4 atom stereocenters. The summed E-state index contributed by atoms with van der Waals surface area (Å²) < 4.78 is 0. The fourth-order valence-electron chi connectivity index (χ4n) is 4.20. The summed E-state index contributed by atoms with van der Waals surface area (Å²) in [6.07, 6.45) is 7.31. The van der Waals surface area contributed by atoms with Gasteiger partial charge in [0, 0.05) is 17.2 Å². The zero-order valence-electron chi connectivity index (χ0n) is 13.7. The van der Waals surface area contributed by atoms with Crippen molar-refractivity contribution in [3.05, 3.63) is 51.6 Å². The number of carbonyl (C=O) groups excluding carboxylic acids is 2. The molecule has 7 heteroatoms. The van der Waals surface area contributed by atoms with Crippen molar-refractivity contribution in [3.63, 3.8) is 0 Å². The number of benzene rings is 1. The number of hydrazone groups is 1. The van der Waals surface area contributed by atoms with E-state index in [1.165, 1.54) is 12.3 Å². The number of allylic oxidation sites excluding steroid dienone is 2. The number of imide groups is 1. The largest absolute Gasteiger partial charge is 0.272 e. The highest BCUT2D eigenvalue weighted by Gasteiger charge is 2.56. The lowest BCUT2D eigenvalue weighted by molar-refractivity contribution is -0.385. The second-order valence-corrected chi connectivity index (χ2v) is 6.88. The first-order chi connectivity index (χ1) is 12.0. The SMILES string of the molecule is Cc1ccc(/C=N\N2C(=O)[C@H]3[C@H](C2=O)[C@@H]2C=C[C@@H]3CC2)cc1[N+](=O)[O-]. The van der Waals surface area contributed by atoms with Crippen LogP contribution in [0.3, 0.4) is 0 Å². The van der Waals surface area contributed by atoms with Crippen LogP contribution in [0.15, 0.2) is 35.5 Å². The van der Waals surface area contributed by atoms with Gasteiger partial charge in [-0.2, -0.15) is 10.1 Å². The van der Waals surface area contributed by atoms with E-state index in [1.54, 1.807) is 19.1 Å². The van der Waals surface area contributed by atoms with Crippen molar-refractivity contribution >= 4 is 23.7 Å². The molecular weight excluding hydrogens is 322 g/mol. The van der Waals surface area contributed by atoms with Gasteiger partial charge in [-0.1, -0.05) is 24.3 Å². The zero-order valence-corrected chi connectivity index (χ0v) is 13.7. The van der Waals surface area contributed by atoms with Gasteiger partial charge in [0.05, 0.1) is 23.0 Å². The summed E-state index contributed by atoms with van der Waals surface area (Å²) in [7, 11) is 0. The van der Waals surface area contributed by atoms with Crippen LogP contribution in [0, 0.1) is 40.7 Å². The van der Waals surface area contributed by atoms with Gasteiger partial charge in [-0.05, 0) is 31.6 Å². The molecule has 1 saturated carbocycles. The summed E-state index contributed by atoms with van der Waals surface area (Å²) in [6.45, 7) is 1.65. The summed E-state index contributed by atoms with van der Waals surface area (Å²) in [6, 6.07) is 4.69. The quantitative estimate of drug-likeness (QED) is 0.278. The Morgan fingerprint density at radius 2 is 1.76 bits per heavy atom. The average molecular weight is 339 g/mol. The van der Waals surface area contributed by atoms with Gasteiger partial charge in [-0.25, -0.2) is 0 Å². The standard InChI is InChI=1S/C18H17N3O4/c1-10-2-3-11(8-14(10)21(24)25)9-19-20-17(22)15-12-4-5-13(7-6-12)16(15)18(20)23/h2-5,8-9,12-13,15-16H,6-7H2,1H3/b19-9-/t12-,13-,15-,16-/m1/s1. The molecule has 128 valence electrons. The molecule has 25 heavy (non-hydrogen) atoms. The molecule has 4 aliphatic rings. The van der Waals surface area contributed by atoms with Gasteiger partial charge in [0.2, 0.25) is 0 Å².